The molecule has 0 aliphatic carbocycles. The topological polar surface area (TPSA) is 0 Å². The molecular weight excluding hydrogens is 132 g/mol. The summed E-state index contributed by atoms with van der Waals surface area (Å²) >= 11 is 0. The van der Waals surface area contributed by atoms with E-state index in [1.54, 1.807) is 0 Å². The van der Waals surface area contributed by atoms with Gasteiger partial charge in [-0.15, -0.1) is 0 Å². The normalized spacial score (nSPS) is 10.5. The molecule has 0 unspecified atom stereocenters. The Morgan fingerprint density at radius 3 is 2.45 bits per heavy atom. The van der Waals surface area contributed by atoms with Crippen LogP contribution in [-0.4, -0.2) is 0 Å². The van der Waals surface area contributed by atoms with Gasteiger partial charge in [0, 0.05) is 0 Å². The van der Waals surface area contributed by atoms with E-state index in [1.807, 2.05) is 12.1 Å². The lowest BCUT2D eigenvalue weighted by Gasteiger charge is -2.03. The zero-order chi connectivity index (χ0) is 8.10. The van der Waals surface area contributed by atoms with E-state index >= 15 is 0 Å². The van der Waals surface area contributed by atoms with Crippen molar-refractivity contribution in [2.75, 3.05) is 0 Å². The minimum atomic E-state index is 0.805. The van der Waals surface area contributed by atoms with Crippen LogP contribution in [0.4, 0.5) is 0 Å². The Morgan fingerprint density at radius 1 is 1.27 bits per heavy atom. The monoisotopic (exact) mass is 147 g/mol. The first-order valence-electron chi connectivity index (χ1n) is 4.24. The highest BCUT2D eigenvalue weighted by Crippen LogP contribution is 2.07. The third kappa shape index (κ3) is 3.22. The summed E-state index contributed by atoms with van der Waals surface area (Å²) < 4.78 is 0. The second kappa shape index (κ2) is 4.17. The molecule has 1 aromatic carbocycles. The summed E-state index contributed by atoms with van der Waals surface area (Å²) in [5, 5.41) is 0. The highest BCUT2D eigenvalue weighted by molar-refractivity contribution is 5.13. The van der Waals surface area contributed by atoms with Gasteiger partial charge in [0.25, 0.3) is 0 Å². The molecule has 0 spiro atoms. The standard InChI is InChI=1S/C11H15/c1-10(2)8-9-11-6-4-3-5-7-11/h4-7,10H,8-9H2,1-2H3. The molecule has 0 nitrogen and oxygen atoms in total. The van der Waals surface area contributed by atoms with E-state index in [0.717, 1.165) is 5.92 Å². The van der Waals surface area contributed by atoms with Gasteiger partial charge in [-0.2, -0.15) is 0 Å². The van der Waals surface area contributed by atoms with E-state index in [-0.39, 0.29) is 0 Å². The molecule has 11 heavy (non-hydrogen) atoms. The van der Waals surface area contributed by atoms with Crippen molar-refractivity contribution in [2.45, 2.75) is 26.7 Å². The molecule has 0 fully saturated rings. The largest absolute Gasteiger partial charge is 0.0628 e. The van der Waals surface area contributed by atoms with Gasteiger partial charge in [-0.25, -0.2) is 0 Å². The molecule has 0 bridgehead atoms. The second-order valence-electron chi connectivity index (χ2n) is 3.34. The van der Waals surface area contributed by atoms with Crippen molar-refractivity contribution in [1.82, 2.24) is 0 Å². The van der Waals surface area contributed by atoms with E-state index in [1.165, 1.54) is 18.4 Å². The zero-order valence-electron chi connectivity index (χ0n) is 7.30. The van der Waals surface area contributed by atoms with Crippen molar-refractivity contribution in [1.29, 1.82) is 0 Å². The second-order valence-corrected chi connectivity index (χ2v) is 3.34. The van der Waals surface area contributed by atoms with E-state index in [9.17, 15) is 0 Å². The fourth-order valence-electron chi connectivity index (χ4n) is 1.04. The summed E-state index contributed by atoms with van der Waals surface area (Å²) in [7, 11) is 0. The number of hydrogen-bond acceptors (Lipinski definition) is 0. The molecule has 0 saturated heterocycles. The van der Waals surface area contributed by atoms with Crippen molar-refractivity contribution in [3.63, 3.8) is 0 Å². The molecular formula is C11H15. The number of rotatable bonds is 3. The van der Waals surface area contributed by atoms with Crippen LogP contribution in [0.2, 0.25) is 0 Å². The van der Waals surface area contributed by atoms with Crippen molar-refractivity contribution < 1.29 is 0 Å². The van der Waals surface area contributed by atoms with Crippen LogP contribution in [0.1, 0.15) is 25.8 Å². The molecule has 1 radical (unpaired) electrons. The molecule has 1 rings (SSSR count). The van der Waals surface area contributed by atoms with Gasteiger partial charge in [0.1, 0.15) is 0 Å². The molecule has 0 aliphatic heterocycles. The Bertz CT molecular complexity index is 186. The van der Waals surface area contributed by atoms with Crippen molar-refractivity contribution in [3.05, 3.63) is 35.9 Å². The summed E-state index contributed by atoms with van der Waals surface area (Å²) in [6.07, 6.45) is 2.48. The van der Waals surface area contributed by atoms with Crippen LogP contribution in [0.15, 0.2) is 24.3 Å². The van der Waals surface area contributed by atoms with E-state index in [0.29, 0.717) is 0 Å². The maximum Gasteiger partial charge on any atom is -0.0184 e. The Hall–Kier alpha value is -0.780. The summed E-state index contributed by atoms with van der Waals surface area (Å²) in [4.78, 5) is 0. The van der Waals surface area contributed by atoms with Gasteiger partial charge in [0.2, 0.25) is 0 Å². The molecule has 1 aromatic rings. The number of aryl methyl sites for hydroxylation is 1. The molecule has 0 N–H and O–H groups in total. The Kier molecular flexibility index (Phi) is 3.15. The van der Waals surface area contributed by atoms with Crippen LogP contribution < -0.4 is 0 Å². The Labute approximate surface area is 69.3 Å². The highest BCUT2D eigenvalue weighted by Gasteiger charge is 1.94. The first-order chi connectivity index (χ1) is 5.29. The summed E-state index contributed by atoms with van der Waals surface area (Å²) in [5.41, 5.74) is 1.43. The molecule has 0 aromatic heterocycles. The van der Waals surface area contributed by atoms with Crippen LogP contribution in [0, 0.1) is 12.0 Å². The summed E-state index contributed by atoms with van der Waals surface area (Å²) in [6.45, 7) is 4.52. The van der Waals surface area contributed by atoms with Gasteiger partial charge in [0.15, 0.2) is 0 Å². The number of benzene rings is 1. The first kappa shape index (κ1) is 8.32. The molecule has 0 amide bonds. The van der Waals surface area contributed by atoms with Crippen LogP contribution >= 0.6 is 0 Å². The van der Waals surface area contributed by atoms with E-state index < -0.39 is 0 Å². The lowest BCUT2D eigenvalue weighted by molar-refractivity contribution is 0.587. The molecule has 0 heterocycles. The molecule has 0 saturated carbocycles. The molecule has 0 aliphatic rings. The van der Waals surface area contributed by atoms with Gasteiger partial charge in [-0.05, 0) is 30.4 Å². The van der Waals surface area contributed by atoms with Crippen molar-refractivity contribution in [3.8, 4) is 0 Å². The van der Waals surface area contributed by atoms with Crippen LogP contribution in [0.25, 0.3) is 0 Å². The van der Waals surface area contributed by atoms with Crippen molar-refractivity contribution >= 4 is 0 Å². The lowest BCUT2D eigenvalue weighted by Crippen LogP contribution is -1.91. The van der Waals surface area contributed by atoms with Crippen molar-refractivity contribution in [2.24, 2.45) is 5.92 Å². The van der Waals surface area contributed by atoms with Gasteiger partial charge >= 0.3 is 0 Å². The maximum absolute atomic E-state index is 3.02. The van der Waals surface area contributed by atoms with E-state index in [2.05, 4.69) is 32.0 Å². The Balaban J connectivity index is 2.39. The lowest BCUT2D eigenvalue weighted by atomic mass is 10.0. The highest BCUT2D eigenvalue weighted by atomic mass is 14.0. The van der Waals surface area contributed by atoms with E-state index in [4.69, 9.17) is 0 Å². The predicted octanol–water partition coefficient (Wildman–Crippen LogP) is 3.08. The Morgan fingerprint density at radius 2 is 1.91 bits per heavy atom. The smallest absolute Gasteiger partial charge is 0.0184 e. The fourth-order valence-corrected chi connectivity index (χ4v) is 1.04. The van der Waals surface area contributed by atoms with Gasteiger partial charge < -0.3 is 0 Å². The third-order valence-electron chi connectivity index (χ3n) is 1.80. The maximum atomic E-state index is 3.02. The molecule has 59 valence electrons. The summed E-state index contributed by atoms with van der Waals surface area (Å²) in [6, 6.07) is 11.3. The quantitative estimate of drug-likeness (QED) is 0.616. The van der Waals surface area contributed by atoms with Gasteiger partial charge in [0.05, 0.1) is 0 Å². The molecule has 0 atom stereocenters. The predicted molar refractivity (Wildman–Crippen MR) is 48.4 cm³/mol. The van der Waals surface area contributed by atoms with Gasteiger partial charge in [-0.1, -0.05) is 38.1 Å². The SMILES string of the molecule is CC(C)CCc1cc[c]cc1. The zero-order valence-corrected chi connectivity index (χ0v) is 7.30. The minimum Gasteiger partial charge on any atom is -0.0628 e. The average Bonchev–Trinajstić information content (AvgIpc) is 2.03. The van der Waals surface area contributed by atoms with Crippen LogP contribution in [0.5, 0.6) is 0 Å². The van der Waals surface area contributed by atoms with Crippen LogP contribution in [0.3, 0.4) is 0 Å². The minimum absolute atomic E-state index is 0.805. The molecule has 0 heteroatoms. The van der Waals surface area contributed by atoms with Gasteiger partial charge in [-0.3, -0.25) is 0 Å². The third-order valence-corrected chi connectivity index (χ3v) is 1.80. The first-order valence-corrected chi connectivity index (χ1v) is 4.24. The average molecular weight is 147 g/mol. The fraction of sp³-hybridized carbons (Fsp3) is 0.455. The summed E-state index contributed by atoms with van der Waals surface area (Å²) in [5.74, 6) is 0.805. The van der Waals surface area contributed by atoms with Crippen LogP contribution in [-0.2, 0) is 6.42 Å². The number of hydrogen-bond donors (Lipinski definition) is 0.